The van der Waals surface area contributed by atoms with Crippen molar-refractivity contribution in [2.75, 3.05) is 0 Å². The third-order valence-corrected chi connectivity index (χ3v) is 2.73. The molecule has 1 N–H and O–H groups in total. The van der Waals surface area contributed by atoms with E-state index in [0.717, 1.165) is 11.1 Å². The molecule has 0 fully saturated rings. The van der Waals surface area contributed by atoms with Gasteiger partial charge < -0.3 is 14.6 Å². The van der Waals surface area contributed by atoms with Crippen LogP contribution in [0.1, 0.15) is 11.1 Å². The SMILES string of the molecule is Cc1cc(Oc2ccc(OC=O)c(C)c2)ccc1O. The number of phenolic OH excluding ortho intramolecular Hbond substituents is 1. The van der Waals surface area contributed by atoms with Crippen molar-refractivity contribution < 1.29 is 19.4 Å². The third kappa shape index (κ3) is 3.04. The predicted molar refractivity (Wildman–Crippen MR) is 70.8 cm³/mol. The fourth-order valence-corrected chi connectivity index (χ4v) is 1.70. The molecule has 2 rings (SSSR count). The molecule has 0 aliphatic heterocycles. The van der Waals surface area contributed by atoms with E-state index in [1.54, 1.807) is 43.3 Å². The lowest BCUT2D eigenvalue weighted by Crippen LogP contribution is -1.92. The highest BCUT2D eigenvalue weighted by Gasteiger charge is 2.04. The van der Waals surface area contributed by atoms with Gasteiger partial charge in [0.2, 0.25) is 0 Å². The van der Waals surface area contributed by atoms with Crippen molar-refractivity contribution in [3.8, 4) is 23.0 Å². The number of carbonyl (C=O) groups is 1. The molecule has 4 nitrogen and oxygen atoms in total. The normalized spacial score (nSPS) is 10.0. The number of ether oxygens (including phenoxy) is 2. The number of carbonyl (C=O) groups excluding carboxylic acids is 1. The summed E-state index contributed by atoms with van der Waals surface area (Å²) in [4.78, 5) is 10.3. The second kappa shape index (κ2) is 5.44. The molecule has 0 bridgehead atoms. The van der Waals surface area contributed by atoms with Crippen LogP contribution in [0.5, 0.6) is 23.0 Å². The molecule has 0 spiro atoms. The molecular formula is C15H14O4. The molecule has 2 aromatic carbocycles. The lowest BCUT2D eigenvalue weighted by atomic mass is 10.2. The summed E-state index contributed by atoms with van der Waals surface area (Å²) < 4.78 is 10.5. The summed E-state index contributed by atoms with van der Waals surface area (Å²) >= 11 is 0. The van der Waals surface area contributed by atoms with E-state index in [1.165, 1.54) is 0 Å². The quantitative estimate of drug-likeness (QED) is 0.854. The van der Waals surface area contributed by atoms with Crippen LogP contribution in [0.3, 0.4) is 0 Å². The highest BCUT2D eigenvalue weighted by Crippen LogP contribution is 2.29. The topological polar surface area (TPSA) is 55.8 Å². The van der Waals surface area contributed by atoms with Gasteiger partial charge in [-0.3, -0.25) is 4.79 Å². The second-order valence-electron chi connectivity index (χ2n) is 4.19. The van der Waals surface area contributed by atoms with Gasteiger partial charge >= 0.3 is 0 Å². The van der Waals surface area contributed by atoms with Crippen molar-refractivity contribution >= 4 is 6.47 Å². The molecule has 0 saturated carbocycles. The first-order chi connectivity index (χ1) is 9.10. The first kappa shape index (κ1) is 13.0. The highest BCUT2D eigenvalue weighted by molar-refractivity contribution is 5.50. The molecule has 0 amide bonds. The summed E-state index contributed by atoms with van der Waals surface area (Å²) in [6, 6.07) is 10.2. The Morgan fingerprint density at radius 3 is 2.21 bits per heavy atom. The van der Waals surface area contributed by atoms with Crippen LogP contribution >= 0.6 is 0 Å². The summed E-state index contributed by atoms with van der Waals surface area (Å²) in [5.74, 6) is 2.02. The van der Waals surface area contributed by atoms with Crippen LogP contribution in [0.4, 0.5) is 0 Å². The van der Waals surface area contributed by atoms with Gasteiger partial charge in [0.05, 0.1) is 0 Å². The standard InChI is InChI=1S/C15H14O4/c1-10-7-12(3-5-14(10)17)19-13-4-6-15(18-9-16)11(2)8-13/h3-9,17H,1-2H3. The number of aromatic hydroxyl groups is 1. The molecule has 0 radical (unpaired) electrons. The van der Waals surface area contributed by atoms with Gasteiger partial charge in [0.15, 0.2) is 0 Å². The fourth-order valence-electron chi connectivity index (χ4n) is 1.70. The van der Waals surface area contributed by atoms with Crippen molar-refractivity contribution in [3.05, 3.63) is 47.5 Å². The molecule has 0 atom stereocenters. The van der Waals surface area contributed by atoms with Crippen LogP contribution in [0, 0.1) is 13.8 Å². The van der Waals surface area contributed by atoms with Gasteiger partial charge in [-0.2, -0.15) is 0 Å². The Kier molecular flexibility index (Phi) is 3.71. The highest BCUT2D eigenvalue weighted by atomic mass is 16.5. The van der Waals surface area contributed by atoms with E-state index in [-0.39, 0.29) is 5.75 Å². The van der Waals surface area contributed by atoms with E-state index >= 15 is 0 Å². The van der Waals surface area contributed by atoms with Crippen LogP contribution in [-0.4, -0.2) is 11.6 Å². The Hall–Kier alpha value is -2.49. The van der Waals surface area contributed by atoms with Gasteiger partial charge in [0, 0.05) is 0 Å². The number of hydrogen-bond acceptors (Lipinski definition) is 4. The molecule has 0 aliphatic carbocycles. The number of phenols is 1. The predicted octanol–water partition coefficient (Wildman–Crippen LogP) is 3.34. The first-order valence-corrected chi connectivity index (χ1v) is 5.78. The molecule has 0 unspecified atom stereocenters. The molecule has 0 aliphatic rings. The Morgan fingerprint density at radius 2 is 1.63 bits per heavy atom. The summed E-state index contributed by atoms with van der Waals surface area (Å²) in [5, 5.41) is 9.44. The van der Waals surface area contributed by atoms with E-state index in [9.17, 15) is 9.90 Å². The summed E-state index contributed by atoms with van der Waals surface area (Å²) in [5.41, 5.74) is 1.55. The maximum absolute atomic E-state index is 10.3. The molecule has 19 heavy (non-hydrogen) atoms. The van der Waals surface area contributed by atoms with Crippen molar-refractivity contribution in [1.82, 2.24) is 0 Å². The molecule has 4 heteroatoms. The molecule has 98 valence electrons. The zero-order valence-electron chi connectivity index (χ0n) is 10.7. The largest absolute Gasteiger partial charge is 0.508 e. The summed E-state index contributed by atoms with van der Waals surface area (Å²) in [6.45, 7) is 4.02. The number of hydrogen-bond donors (Lipinski definition) is 1. The van der Waals surface area contributed by atoms with E-state index in [1.807, 2.05) is 6.92 Å². The molecule has 0 saturated heterocycles. The van der Waals surface area contributed by atoms with Crippen molar-refractivity contribution in [2.24, 2.45) is 0 Å². The Balaban J connectivity index is 2.21. The van der Waals surface area contributed by atoms with Crippen LogP contribution in [-0.2, 0) is 4.79 Å². The monoisotopic (exact) mass is 258 g/mol. The van der Waals surface area contributed by atoms with Gasteiger partial charge in [-0.25, -0.2) is 0 Å². The zero-order chi connectivity index (χ0) is 13.8. The van der Waals surface area contributed by atoms with Gasteiger partial charge in [-0.15, -0.1) is 0 Å². The Morgan fingerprint density at radius 1 is 1.00 bits per heavy atom. The zero-order valence-corrected chi connectivity index (χ0v) is 10.7. The minimum absolute atomic E-state index is 0.235. The lowest BCUT2D eigenvalue weighted by Gasteiger charge is -2.09. The molecule has 0 heterocycles. The van der Waals surface area contributed by atoms with Crippen molar-refractivity contribution in [3.63, 3.8) is 0 Å². The smallest absolute Gasteiger partial charge is 0.298 e. The maximum Gasteiger partial charge on any atom is 0.298 e. The minimum atomic E-state index is 0.235. The van der Waals surface area contributed by atoms with E-state index in [0.29, 0.717) is 23.7 Å². The minimum Gasteiger partial charge on any atom is -0.508 e. The number of rotatable bonds is 4. The molecule has 2 aromatic rings. The average molecular weight is 258 g/mol. The summed E-state index contributed by atoms with van der Waals surface area (Å²) in [7, 11) is 0. The van der Waals surface area contributed by atoms with Crippen LogP contribution < -0.4 is 9.47 Å². The van der Waals surface area contributed by atoms with Gasteiger partial charge in [0.25, 0.3) is 6.47 Å². The molecule has 0 aromatic heterocycles. The van der Waals surface area contributed by atoms with Gasteiger partial charge in [-0.1, -0.05) is 0 Å². The molecular weight excluding hydrogens is 244 g/mol. The third-order valence-electron chi connectivity index (χ3n) is 2.73. The van der Waals surface area contributed by atoms with Crippen LogP contribution in [0.25, 0.3) is 0 Å². The fraction of sp³-hybridized carbons (Fsp3) is 0.133. The Bertz CT molecular complexity index is 605. The second-order valence-corrected chi connectivity index (χ2v) is 4.19. The van der Waals surface area contributed by atoms with Gasteiger partial charge in [-0.05, 0) is 61.4 Å². The first-order valence-electron chi connectivity index (χ1n) is 5.78. The van der Waals surface area contributed by atoms with E-state index < -0.39 is 0 Å². The summed E-state index contributed by atoms with van der Waals surface area (Å²) in [6.07, 6.45) is 0. The van der Waals surface area contributed by atoms with Crippen molar-refractivity contribution in [2.45, 2.75) is 13.8 Å². The van der Waals surface area contributed by atoms with E-state index in [2.05, 4.69) is 0 Å². The number of benzene rings is 2. The Labute approximate surface area is 111 Å². The van der Waals surface area contributed by atoms with E-state index in [4.69, 9.17) is 9.47 Å². The van der Waals surface area contributed by atoms with Crippen molar-refractivity contribution in [1.29, 1.82) is 0 Å². The van der Waals surface area contributed by atoms with Crippen LogP contribution in [0.15, 0.2) is 36.4 Å². The lowest BCUT2D eigenvalue weighted by molar-refractivity contribution is -0.120. The number of aryl methyl sites for hydroxylation is 2. The maximum atomic E-state index is 10.3. The average Bonchev–Trinajstić information content (AvgIpc) is 2.37. The van der Waals surface area contributed by atoms with Gasteiger partial charge in [0.1, 0.15) is 23.0 Å². The van der Waals surface area contributed by atoms with Crippen LogP contribution in [0.2, 0.25) is 0 Å².